The second-order valence-corrected chi connectivity index (χ2v) is 12.4. The van der Waals surface area contributed by atoms with Crippen molar-refractivity contribution in [2.45, 2.75) is 19.3 Å². The number of rotatable bonds is 7. The number of anilines is 4. The van der Waals surface area contributed by atoms with E-state index >= 15 is 0 Å². The smallest absolute Gasteiger partial charge is 0.253 e. The van der Waals surface area contributed by atoms with Crippen molar-refractivity contribution in [3.63, 3.8) is 0 Å². The van der Waals surface area contributed by atoms with Gasteiger partial charge >= 0.3 is 0 Å². The van der Waals surface area contributed by atoms with Crippen molar-refractivity contribution in [1.82, 2.24) is 24.7 Å². The molecule has 3 aromatic carbocycles. The maximum Gasteiger partial charge on any atom is 0.253 e. The predicted molar refractivity (Wildman–Crippen MR) is 177 cm³/mol. The molecular formula is C35H37ClFN7O. The molecule has 232 valence electrons. The molecule has 10 heteroatoms. The number of hydrogen-bond donors (Lipinski definition) is 1. The molecule has 3 aliphatic rings. The maximum absolute atomic E-state index is 14.9. The fourth-order valence-corrected chi connectivity index (χ4v) is 6.72. The van der Waals surface area contributed by atoms with Gasteiger partial charge < -0.3 is 20.0 Å². The molecule has 2 fully saturated rings. The first-order valence-electron chi connectivity index (χ1n) is 15.8. The van der Waals surface area contributed by atoms with Crippen LogP contribution in [0.4, 0.5) is 27.4 Å². The number of hydrogen-bond acceptors (Lipinski definition) is 7. The lowest BCUT2D eigenvalue weighted by Crippen LogP contribution is -2.50. The number of halogens is 2. The second kappa shape index (κ2) is 13.1. The highest BCUT2D eigenvalue weighted by Crippen LogP contribution is 2.41. The van der Waals surface area contributed by atoms with Crippen LogP contribution < -0.4 is 10.2 Å². The molecule has 8 nitrogen and oxygen atoms in total. The number of nitrogens with zero attached hydrogens (tertiary/aromatic N) is 6. The summed E-state index contributed by atoms with van der Waals surface area (Å²) < 4.78 is 14.9. The first-order chi connectivity index (χ1) is 22.0. The Balaban J connectivity index is 1.03. The van der Waals surface area contributed by atoms with Crippen LogP contribution in [0.5, 0.6) is 0 Å². The Morgan fingerprint density at radius 1 is 0.844 bits per heavy atom. The summed E-state index contributed by atoms with van der Waals surface area (Å²) in [4.78, 5) is 31.7. The van der Waals surface area contributed by atoms with Crippen molar-refractivity contribution in [3.8, 4) is 11.3 Å². The SMILES string of the molecule is O=C(c1ccc(Nc2ncc3c(n2)-c2ccc(Cl)cc2N(c2ccccc2F)CC3)cc1)N1CCN(CCN2CCCC2)CC1. The minimum atomic E-state index is -0.292. The number of aromatic nitrogens is 2. The lowest BCUT2D eigenvalue weighted by Gasteiger charge is -2.35. The van der Waals surface area contributed by atoms with Crippen molar-refractivity contribution in [2.24, 2.45) is 0 Å². The molecule has 4 heterocycles. The number of nitrogens with one attached hydrogen (secondary N) is 1. The van der Waals surface area contributed by atoms with Crippen LogP contribution in [0.15, 0.2) is 72.9 Å². The number of piperazine rings is 1. The van der Waals surface area contributed by atoms with Crippen molar-refractivity contribution < 1.29 is 9.18 Å². The van der Waals surface area contributed by atoms with E-state index in [2.05, 4.69) is 20.1 Å². The van der Waals surface area contributed by atoms with E-state index in [1.807, 2.05) is 64.5 Å². The third kappa shape index (κ3) is 6.52. The van der Waals surface area contributed by atoms with Crippen molar-refractivity contribution in [3.05, 3.63) is 94.9 Å². The van der Waals surface area contributed by atoms with E-state index < -0.39 is 0 Å². The fraction of sp³-hybridized carbons (Fsp3) is 0.343. The highest BCUT2D eigenvalue weighted by molar-refractivity contribution is 6.31. The predicted octanol–water partition coefficient (Wildman–Crippen LogP) is 6.23. The van der Waals surface area contributed by atoms with Gasteiger partial charge in [-0.15, -0.1) is 0 Å². The second-order valence-electron chi connectivity index (χ2n) is 12.0. The molecule has 1 aromatic heterocycles. The summed E-state index contributed by atoms with van der Waals surface area (Å²) in [6.07, 6.45) is 5.10. The van der Waals surface area contributed by atoms with Crippen LogP contribution in [-0.2, 0) is 6.42 Å². The minimum Gasteiger partial charge on any atom is -0.338 e. The molecular weight excluding hydrogens is 589 g/mol. The van der Waals surface area contributed by atoms with Crippen LogP contribution in [0.1, 0.15) is 28.8 Å². The Labute approximate surface area is 268 Å². The molecule has 1 amide bonds. The number of para-hydroxylation sites is 1. The number of fused-ring (bicyclic) bond motifs is 3. The monoisotopic (exact) mass is 625 g/mol. The molecule has 1 N–H and O–H groups in total. The number of amides is 1. The van der Waals surface area contributed by atoms with E-state index in [9.17, 15) is 9.18 Å². The number of carbonyl (C=O) groups excluding carboxylic acids is 1. The van der Waals surface area contributed by atoms with Gasteiger partial charge in [0.1, 0.15) is 5.82 Å². The van der Waals surface area contributed by atoms with Gasteiger partial charge in [0.25, 0.3) is 5.91 Å². The Hall–Kier alpha value is -4.05. The van der Waals surface area contributed by atoms with Crippen LogP contribution in [0.2, 0.25) is 5.02 Å². The van der Waals surface area contributed by atoms with Crippen LogP contribution in [0.25, 0.3) is 11.3 Å². The number of benzene rings is 3. The molecule has 0 aliphatic carbocycles. The first-order valence-corrected chi connectivity index (χ1v) is 16.2. The van der Waals surface area contributed by atoms with Crippen LogP contribution in [0, 0.1) is 5.82 Å². The van der Waals surface area contributed by atoms with Gasteiger partial charge in [-0.05, 0) is 92.5 Å². The van der Waals surface area contributed by atoms with Crippen LogP contribution in [0.3, 0.4) is 0 Å². The zero-order valence-electron chi connectivity index (χ0n) is 25.3. The van der Waals surface area contributed by atoms with E-state index in [0.717, 1.165) is 67.5 Å². The van der Waals surface area contributed by atoms with Crippen LogP contribution >= 0.6 is 11.6 Å². The van der Waals surface area contributed by atoms with E-state index in [4.69, 9.17) is 16.6 Å². The Kier molecular flexibility index (Phi) is 8.65. The van der Waals surface area contributed by atoms with E-state index in [0.29, 0.717) is 35.2 Å². The van der Waals surface area contributed by atoms with E-state index in [1.54, 1.807) is 12.1 Å². The number of likely N-dealkylation sites (tertiary alicyclic amines) is 1. The average molecular weight is 626 g/mol. The van der Waals surface area contributed by atoms with Crippen molar-refractivity contribution in [1.29, 1.82) is 0 Å². The molecule has 0 unspecified atom stereocenters. The fourth-order valence-electron chi connectivity index (χ4n) is 6.56. The van der Waals surface area contributed by atoms with E-state index in [-0.39, 0.29) is 11.7 Å². The van der Waals surface area contributed by atoms with Gasteiger partial charge in [-0.1, -0.05) is 23.7 Å². The van der Waals surface area contributed by atoms with E-state index in [1.165, 1.54) is 32.0 Å². The van der Waals surface area contributed by atoms with Gasteiger partial charge in [-0.2, -0.15) is 0 Å². The van der Waals surface area contributed by atoms with Gasteiger partial charge in [-0.3, -0.25) is 9.69 Å². The zero-order valence-corrected chi connectivity index (χ0v) is 26.0. The lowest BCUT2D eigenvalue weighted by molar-refractivity contribution is 0.0626. The largest absolute Gasteiger partial charge is 0.338 e. The maximum atomic E-state index is 14.9. The third-order valence-electron chi connectivity index (χ3n) is 9.10. The standard InChI is InChI=1S/C35H37ClFN7O/c36-27-9-12-29-32(23-27)44(31-6-2-1-5-30(31)37)16-13-26-24-38-35(40-33(26)29)39-28-10-7-25(8-11-28)34(45)43-21-19-42(20-22-43)18-17-41-14-3-4-15-41/h1-2,5-12,23-24H,3-4,13-22H2,(H,38,39,40). The zero-order chi connectivity index (χ0) is 30.8. The number of carbonyl (C=O) groups is 1. The van der Waals surface area contributed by atoms with Gasteiger partial charge in [0.05, 0.1) is 17.1 Å². The summed E-state index contributed by atoms with van der Waals surface area (Å²) in [7, 11) is 0. The van der Waals surface area contributed by atoms with Gasteiger partial charge in [-0.25, -0.2) is 14.4 Å². The summed E-state index contributed by atoms with van der Waals surface area (Å²) in [5, 5.41) is 3.87. The molecule has 0 saturated carbocycles. The Bertz CT molecular complexity index is 1670. The quantitative estimate of drug-likeness (QED) is 0.261. The van der Waals surface area contributed by atoms with Crippen molar-refractivity contribution >= 4 is 40.5 Å². The summed E-state index contributed by atoms with van der Waals surface area (Å²) in [6.45, 7) is 8.55. The molecule has 0 atom stereocenters. The summed E-state index contributed by atoms with van der Waals surface area (Å²) in [6, 6.07) is 19.9. The molecule has 7 rings (SSSR count). The third-order valence-corrected chi connectivity index (χ3v) is 9.33. The Morgan fingerprint density at radius 3 is 2.33 bits per heavy atom. The first kappa shape index (κ1) is 29.6. The van der Waals surface area contributed by atoms with Gasteiger partial charge in [0.2, 0.25) is 5.95 Å². The molecule has 2 saturated heterocycles. The minimum absolute atomic E-state index is 0.0664. The topological polar surface area (TPSA) is 67.8 Å². The molecule has 3 aliphatic heterocycles. The molecule has 4 aromatic rings. The summed E-state index contributed by atoms with van der Waals surface area (Å²) in [5.41, 5.74) is 5.37. The summed E-state index contributed by atoms with van der Waals surface area (Å²) >= 11 is 6.42. The Morgan fingerprint density at radius 2 is 1.58 bits per heavy atom. The molecule has 0 bridgehead atoms. The average Bonchev–Trinajstić information content (AvgIpc) is 3.54. The van der Waals surface area contributed by atoms with Crippen molar-refractivity contribution in [2.75, 3.05) is 69.1 Å². The molecule has 0 radical (unpaired) electrons. The highest BCUT2D eigenvalue weighted by atomic mass is 35.5. The van der Waals surface area contributed by atoms with Crippen LogP contribution in [-0.4, -0.2) is 89.5 Å². The summed E-state index contributed by atoms with van der Waals surface area (Å²) in [5.74, 6) is 0.217. The highest BCUT2D eigenvalue weighted by Gasteiger charge is 2.26. The molecule has 0 spiro atoms. The normalized spacial score (nSPS) is 17.1. The van der Waals surface area contributed by atoms with Gasteiger partial charge in [0, 0.05) is 73.8 Å². The lowest BCUT2D eigenvalue weighted by atomic mass is 10.0. The molecule has 45 heavy (non-hydrogen) atoms. The van der Waals surface area contributed by atoms with Gasteiger partial charge in [0.15, 0.2) is 0 Å².